The number of rotatable bonds is 7. The van der Waals surface area contributed by atoms with Gasteiger partial charge in [0.2, 0.25) is 17.7 Å². The fraction of sp³-hybridized carbons (Fsp3) is 0.588. The van der Waals surface area contributed by atoms with E-state index in [1.54, 1.807) is 17.2 Å². The van der Waals surface area contributed by atoms with Gasteiger partial charge in [0.1, 0.15) is 5.76 Å². The van der Waals surface area contributed by atoms with Crippen molar-refractivity contribution in [2.45, 2.75) is 32.2 Å². The second-order valence-corrected chi connectivity index (χ2v) is 6.38. The lowest BCUT2D eigenvalue weighted by Crippen LogP contribution is -2.35. The first-order chi connectivity index (χ1) is 11.6. The van der Waals surface area contributed by atoms with E-state index in [4.69, 9.17) is 4.42 Å². The van der Waals surface area contributed by atoms with Crippen molar-refractivity contribution in [2.24, 2.45) is 5.92 Å². The molecule has 0 aliphatic carbocycles. The van der Waals surface area contributed by atoms with Gasteiger partial charge in [0, 0.05) is 39.0 Å². The molecule has 0 radical (unpaired) electrons. The molecule has 1 N–H and O–H groups in total. The third-order valence-electron chi connectivity index (χ3n) is 4.59. The zero-order valence-electron chi connectivity index (χ0n) is 13.7. The first-order valence-corrected chi connectivity index (χ1v) is 8.49. The molecule has 24 heavy (non-hydrogen) atoms. The van der Waals surface area contributed by atoms with Crippen LogP contribution in [0.5, 0.6) is 0 Å². The Hall–Kier alpha value is -2.31. The molecule has 2 saturated heterocycles. The van der Waals surface area contributed by atoms with E-state index in [0.717, 1.165) is 25.1 Å². The smallest absolute Gasteiger partial charge is 0.225 e. The Labute approximate surface area is 141 Å². The van der Waals surface area contributed by atoms with E-state index in [-0.39, 0.29) is 30.1 Å². The average molecular weight is 333 g/mol. The predicted molar refractivity (Wildman–Crippen MR) is 85.7 cm³/mol. The van der Waals surface area contributed by atoms with E-state index in [0.29, 0.717) is 32.6 Å². The Balaban J connectivity index is 1.37. The number of carbonyl (C=O) groups excluding carboxylic acids is 3. The van der Waals surface area contributed by atoms with Gasteiger partial charge < -0.3 is 19.5 Å². The Bertz CT molecular complexity index is 599. The quantitative estimate of drug-likeness (QED) is 0.747. The summed E-state index contributed by atoms with van der Waals surface area (Å²) >= 11 is 0. The zero-order valence-corrected chi connectivity index (χ0v) is 13.7. The monoisotopic (exact) mass is 333 g/mol. The zero-order chi connectivity index (χ0) is 16.9. The molecule has 0 aromatic carbocycles. The van der Waals surface area contributed by atoms with Gasteiger partial charge in [-0.15, -0.1) is 0 Å². The number of likely N-dealkylation sites (tertiary alicyclic amines) is 2. The van der Waals surface area contributed by atoms with Gasteiger partial charge in [0.25, 0.3) is 0 Å². The van der Waals surface area contributed by atoms with Crippen molar-refractivity contribution in [2.75, 3.05) is 26.2 Å². The summed E-state index contributed by atoms with van der Waals surface area (Å²) in [6.07, 6.45) is 4.14. The lowest BCUT2D eigenvalue weighted by atomic mass is 10.1. The molecule has 1 aromatic rings. The molecule has 7 heteroatoms. The Kier molecular flexibility index (Phi) is 5.17. The average Bonchev–Trinajstić information content (AvgIpc) is 3.28. The van der Waals surface area contributed by atoms with Crippen molar-refractivity contribution >= 4 is 17.7 Å². The van der Waals surface area contributed by atoms with Crippen LogP contribution < -0.4 is 5.32 Å². The van der Waals surface area contributed by atoms with E-state index in [1.165, 1.54) is 0 Å². The third-order valence-corrected chi connectivity index (χ3v) is 4.59. The normalized spacial score (nSPS) is 20.9. The van der Waals surface area contributed by atoms with Crippen molar-refractivity contribution < 1.29 is 18.8 Å². The van der Waals surface area contributed by atoms with Crippen LogP contribution in [-0.4, -0.2) is 53.7 Å². The molecule has 2 aliphatic heterocycles. The van der Waals surface area contributed by atoms with E-state index in [1.807, 2.05) is 11.0 Å². The fourth-order valence-corrected chi connectivity index (χ4v) is 3.26. The van der Waals surface area contributed by atoms with Crippen LogP contribution in [-0.2, 0) is 20.9 Å². The van der Waals surface area contributed by atoms with Gasteiger partial charge in [0.15, 0.2) is 0 Å². The molecule has 0 bridgehead atoms. The van der Waals surface area contributed by atoms with Crippen molar-refractivity contribution in [3.05, 3.63) is 24.2 Å². The summed E-state index contributed by atoms with van der Waals surface area (Å²) in [6, 6.07) is 3.60. The SMILES string of the molecule is O=C(NCCCN1CCCC1=O)[C@H]1CC(=O)N(Cc2ccco2)C1. The minimum atomic E-state index is -0.305. The molecular weight excluding hydrogens is 310 g/mol. The number of amides is 3. The molecule has 7 nitrogen and oxygen atoms in total. The maximum Gasteiger partial charge on any atom is 0.225 e. The van der Waals surface area contributed by atoms with Crippen LogP contribution in [0.25, 0.3) is 0 Å². The topological polar surface area (TPSA) is 82.9 Å². The third kappa shape index (κ3) is 3.96. The van der Waals surface area contributed by atoms with Crippen molar-refractivity contribution in [3.8, 4) is 0 Å². The van der Waals surface area contributed by atoms with Crippen molar-refractivity contribution in [1.82, 2.24) is 15.1 Å². The highest BCUT2D eigenvalue weighted by Crippen LogP contribution is 2.20. The molecule has 2 fully saturated rings. The standard InChI is InChI=1S/C17H23N3O4/c21-15-5-1-7-19(15)8-3-6-18-17(23)13-10-16(22)20(11-13)12-14-4-2-9-24-14/h2,4,9,13H,1,3,5-8,10-12H2,(H,18,23)/t13-/m0/s1. The van der Waals surface area contributed by atoms with Gasteiger partial charge >= 0.3 is 0 Å². The minimum Gasteiger partial charge on any atom is -0.467 e. The number of hydrogen-bond acceptors (Lipinski definition) is 4. The summed E-state index contributed by atoms with van der Waals surface area (Å²) in [5.41, 5.74) is 0. The largest absolute Gasteiger partial charge is 0.467 e. The number of nitrogens with one attached hydrogen (secondary N) is 1. The molecule has 1 atom stereocenters. The molecule has 3 rings (SSSR count). The van der Waals surface area contributed by atoms with Crippen LogP contribution in [0.2, 0.25) is 0 Å². The van der Waals surface area contributed by atoms with Crippen molar-refractivity contribution in [1.29, 1.82) is 0 Å². The molecule has 3 heterocycles. The lowest BCUT2D eigenvalue weighted by Gasteiger charge is -2.16. The second kappa shape index (κ2) is 7.51. The minimum absolute atomic E-state index is 0.0192. The van der Waals surface area contributed by atoms with Crippen LogP contribution in [0.15, 0.2) is 22.8 Å². The van der Waals surface area contributed by atoms with Crippen LogP contribution in [0.3, 0.4) is 0 Å². The van der Waals surface area contributed by atoms with Crippen molar-refractivity contribution in [3.63, 3.8) is 0 Å². The number of nitrogens with zero attached hydrogens (tertiary/aromatic N) is 2. The molecule has 0 spiro atoms. The molecule has 2 aliphatic rings. The maximum atomic E-state index is 12.2. The van der Waals surface area contributed by atoms with Gasteiger partial charge in [-0.3, -0.25) is 14.4 Å². The Morgan fingerprint density at radius 2 is 2.17 bits per heavy atom. The van der Waals surface area contributed by atoms with Crippen LogP contribution in [0, 0.1) is 5.92 Å². The van der Waals surface area contributed by atoms with E-state index in [2.05, 4.69) is 5.32 Å². The van der Waals surface area contributed by atoms with E-state index < -0.39 is 0 Å². The van der Waals surface area contributed by atoms with Gasteiger partial charge in [-0.1, -0.05) is 0 Å². The first-order valence-electron chi connectivity index (χ1n) is 8.49. The molecule has 0 saturated carbocycles. The highest BCUT2D eigenvalue weighted by Gasteiger charge is 2.34. The fourth-order valence-electron chi connectivity index (χ4n) is 3.26. The molecular formula is C17H23N3O4. The van der Waals surface area contributed by atoms with Gasteiger partial charge in [-0.25, -0.2) is 0 Å². The van der Waals surface area contributed by atoms with E-state index >= 15 is 0 Å². The number of carbonyl (C=O) groups is 3. The van der Waals surface area contributed by atoms with E-state index in [9.17, 15) is 14.4 Å². The van der Waals surface area contributed by atoms with Gasteiger partial charge in [0.05, 0.1) is 18.7 Å². The highest BCUT2D eigenvalue weighted by molar-refractivity contribution is 5.89. The number of furan rings is 1. The lowest BCUT2D eigenvalue weighted by molar-refractivity contribution is -0.129. The van der Waals surface area contributed by atoms with Crippen LogP contribution in [0.1, 0.15) is 31.4 Å². The predicted octanol–water partition coefficient (Wildman–Crippen LogP) is 0.757. The summed E-state index contributed by atoms with van der Waals surface area (Å²) in [6.45, 7) is 2.88. The Morgan fingerprint density at radius 3 is 2.88 bits per heavy atom. The van der Waals surface area contributed by atoms with Gasteiger partial charge in [-0.2, -0.15) is 0 Å². The van der Waals surface area contributed by atoms with Crippen LogP contribution >= 0.6 is 0 Å². The summed E-state index contributed by atoms with van der Waals surface area (Å²) in [7, 11) is 0. The highest BCUT2D eigenvalue weighted by atomic mass is 16.3. The summed E-state index contributed by atoms with van der Waals surface area (Å²) in [5, 5.41) is 2.88. The second-order valence-electron chi connectivity index (χ2n) is 6.38. The summed E-state index contributed by atoms with van der Waals surface area (Å²) in [5.74, 6) is 0.518. The molecule has 130 valence electrons. The molecule has 3 amide bonds. The molecule has 0 unspecified atom stereocenters. The molecule has 1 aromatic heterocycles. The summed E-state index contributed by atoms with van der Waals surface area (Å²) < 4.78 is 5.25. The Morgan fingerprint density at radius 1 is 1.29 bits per heavy atom. The summed E-state index contributed by atoms with van der Waals surface area (Å²) in [4.78, 5) is 39.2. The maximum absolute atomic E-state index is 12.2. The number of hydrogen-bond donors (Lipinski definition) is 1. The van der Waals surface area contributed by atoms with Crippen LogP contribution in [0.4, 0.5) is 0 Å². The first kappa shape index (κ1) is 16.5. The van der Waals surface area contributed by atoms with Gasteiger partial charge in [-0.05, 0) is 25.0 Å².